The molecule has 0 saturated heterocycles. The normalized spacial score (nSPS) is 10.6. The van der Waals surface area contributed by atoms with Gasteiger partial charge in [-0.1, -0.05) is 6.07 Å². The van der Waals surface area contributed by atoms with Crippen LogP contribution in [-0.4, -0.2) is 9.78 Å². The number of halogens is 1. The van der Waals surface area contributed by atoms with Gasteiger partial charge in [0.1, 0.15) is 5.76 Å². The SMILES string of the molecule is Brc1ccc(CNc2cccc(-n3cccn3)c2)o1. The van der Waals surface area contributed by atoms with Crippen molar-refractivity contribution in [1.29, 1.82) is 0 Å². The second-order valence-corrected chi connectivity index (χ2v) is 4.84. The number of rotatable bonds is 4. The van der Waals surface area contributed by atoms with Gasteiger partial charge in [0.25, 0.3) is 0 Å². The topological polar surface area (TPSA) is 43.0 Å². The molecular formula is C14H12BrN3O. The number of anilines is 1. The average Bonchev–Trinajstić information content (AvgIpc) is 3.08. The Labute approximate surface area is 119 Å². The summed E-state index contributed by atoms with van der Waals surface area (Å²) in [5.74, 6) is 0.886. The molecule has 3 rings (SSSR count). The zero-order valence-electron chi connectivity index (χ0n) is 10.1. The van der Waals surface area contributed by atoms with Crippen LogP contribution in [0.15, 0.2) is 63.9 Å². The quantitative estimate of drug-likeness (QED) is 0.795. The summed E-state index contributed by atoms with van der Waals surface area (Å²) in [5.41, 5.74) is 2.05. The van der Waals surface area contributed by atoms with Crippen LogP contribution in [0.3, 0.4) is 0 Å². The van der Waals surface area contributed by atoms with Crippen LogP contribution < -0.4 is 5.32 Å². The molecule has 1 aromatic carbocycles. The Morgan fingerprint density at radius 1 is 1.21 bits per heavy atom. The number of benzene rings is 1. The Balaban J connectivity index is 1.73. The molecule has 1 N–H and O–H groups in total. The highest BCUT2D eigenvalue weighted by Gasteiger charge is 2.01. The Bertz CT molecular complexity index is 661. The van der Waals surface area contributed by atoms with Crippen LogP contribution in [0.1, 0.15) is 5.76 Å². The fourth-order valence-corrected chi connectivity index (χ4v) is 2.16. The van der Waals surface area contributed by atoms with Crippen molar-refractivity contribution in [2.75, 3.05) is 5.32 Å². The van der Waals surface area contributed by atoms with Crippen molar-refractivity contribution in [3.8, 4) is 5.69 Å². The number of nitrogens with one attached hydrogen (secondary N) is 1. The van der Waals surface area contributed by atoms with Gasteiger partial charge in [-0.2, -0.15) is 5.10 Å². The second kappa shape index (κ2) is 5.32. The molecule has 0 aliphatic carbocycles. The van der Waals surface area contributed by atoms with Gasteiger partial charge in [-0.15, -0.1) is 0 Å². The minimum atomic E-state index is 0.647. The highest BCUT2D eigenvalue weighted by Crippen LogP contribution is 2.17. The first kappa shape index (κ1) is 12.0. The van der Waals surface area contributed by atoms with Gasteiger partial charge in [0.2, 0.25) is 0 Å². The van der Waals surface area contributed by atoms with Crippen molar-refractivity contribution in [2.24, 2.45) is 0 Å². The fourth-order valence-electron chi connectivity index (χ4n) is 1.82. The van der Waals surface area contributed by atoms with Crippen molar-refractivity contribution >= 4 is 21.6 Å². The van der Waals surface area contributed by atoms with Crippen LogP contribution in [0, 0.1) is 0 Å². The van der Waals surface area contributed by atoms with E-state index in [1.54, 1.807) is 6.20 Å². The lowest BCUT2D eigenvalue weighted by Crippen LogP contribution is -2.00. The second-order valence-electron chi connectivity index (χ2n) is 4.06. The van der Waals surface area contributed by atoms with E-state index in [1.807, 2.05) is 53.3 Å². The minimum Gasteiger partial charge on any atom is -0.452 e. The molecule has 4 nitrogen and oxygen atoms in total. The Hall–Kier alpha value is -2.01. The van der Waals surface area contributed by atoms with Crippen LogP contribution in [0.25, 0.3) is 5.69 Å². The monoisotopic (exact) mass is 317 g/mol. The zero-order chi connectivity index (χ0) is 13.1. The molecule has 0 fully saturated rings. The molecule has 3 aromatic rings. The first-order valence-corrected chi connectivity index (χ1v) is 6.69. The van der Waals surface area contributed by atoms with E-state index in [-0.39, 0.29) is 0 Å². The van der Waals surface area contributed by atoms with Gasteiger partial charge in [-0.3, -0.25) is 0 Å². The molecule has 0 saturated carbocycles. The van der Waals surface area contributed by atoms with Gasteiger partial charge in [0.05, 0.1) is 12.2 Å². The number of hydrogen-bond donors (Lipinski definition) is 1. The van der Waals surface area contributed by atoms with E-state index < -0.39 is 0 Å². The first-order valence-electron chi connectivity index (χ1n) is 5.89. The van der Waals surface area contributed by atoms with Crippen molar-refractivity contribution in [2.45, 2.75) is 6.54 Å². The largest absolute Gasteiger partial charge is 0.452 e. The third-order valence-corrected chi connectivity index (χ3v) is 3.14. The summed E-state index contributed by atoms with van der Waals surface area (Å²) in [6.45, 7) is 0.647. The number of nitrogens with zero attached hydrogens (tertiary/aromatic N) is 2. The lowest BCUT2D eigenvalue weighted by atomic mass is 10.2. The molecule has 2 heterocycles. The maximum Gasteiger partial charge on any atom is 0.169 e. The average molecular weight is 318 g/mol. The molecule has 0 atom stereocenters. The van der Waals surface area contributed by atoms with Gasteiger partial charge >= 0.3 is 0 Å². The van der Waals surface area contributed by atoms with Crippen molar-refractivity contribution < 1.29 is 4.42 Å². The van der Waals surface area contributed by atoms with Crippen molar-refractivity contribution in [1.82, 2.24) is 9.78 Å². The highest BCUT2D eigenvalue weighted by molar-refractivity contribution is 9.10. The lowest BCUT2D eigenvalue weighted by molar-refractivity contribution is 0.495. The maximum atomic E-state index is 5.44. The summed E-state index contributed by atoms with van der Waals surface area (Å²) >= 11 is 3.29. The third kappa shape index (κ3) is 2.88. The summed E-state index contributed by atoms with van der Waals surface area (Å²) < 4.78 is 8.02. The molecule has 0 radical (unpaired) electrons. The van der Waals surface area contributed by atoms with E-state index in [0.717, 1.165) is 21.8 Å². The Morgan fingerprint density at radius 2 is 2.16 bits per heavy atom. The number of aromatic nitrogens is 2. The van der Waals surface area contributed by atoms with E-state index in [2.05, 4.69) is 26.3 Å². The molecule has 0 unspecified atom stereocenters. The number of furan rings is 1. The van der Waals surface area contributed by atoms with Crippen LogP contribution in [0.2, 0.25) is 0 Å². The van der Waals surface area contributed by atoms with Crippen LogP contribution in [-0.2, 0) is 6.54 Å². The van der Waals surface area contributed by atoms with E-state index in [9.17, 15) is 0 Å². The van der Waals surface area contributed by atoms with E-state index in [1.165, 1.54) is 0 Å². The maximum absolute atomic E-state index is 5.44. The first-order chi connectivity index (χ1) is 9.31. The highest BCUT2D eigenvalue weighted by atomic mass is 79.9. The third-order valence-electron chi connectivity index (χ3n) is 2.71. The summed E-state index contributed by atoms with van der Waals surface area (Å²) in [6, 6.07) is 13.8. The molecule has 19 heavy (non-hydrogen) atoms. The van der Waals surface area contributed by atoms with Gasteiger partial charge in [0.15, 0.2) is 4.67 Å². The predicted molar refractivity (Wildman–Crippen MR) is 77.3 cm³/mol. The molecule has 0 amide bonds. The predicted octanol–water partition coefficient (Wildman–Crippen LogP) is 3.84. The van der Waals surface area contributed by atoms with Gasteiger partial charge in [0, 0.05) is 18.1 Å². The van der Waals surface area contributed by atoms with Gasteiger partial charge in [-0.05, 0) is 52.3 Å². The van der Waals surface area contributed by atoms with Crippen LogP contribution in [0.4, 0.5) is 5.69 Å². The number of hydrogen-bond acceptors (Lipinski definition) is 3. The molecule has 96 valence electrons. The van der Waals surface area contributed by atoms with Gasteiger partial charge in [-0.25, -0.2) is 4.68 Å². The molecular weight excluding hydrogens is 306 g/mol. The standard InChI is InChI=1S/C14H12BrN3O/c15-14-6-5-13(19-14)10-16-11-3-1-4-12(9-11)18-8-2-7-17-18/h1-9,16H,10H2. The Kier molecular flexibility index (Phi) is 3.37. The van der Waals surface area contributed by atoms with E-state index >= 15 is 0 Å². The zero-order valence-corrected chi connectivity index (χ0v) is 11.7. The molecule has 0 aliphatic heterocycles. The lowest BCUT2D eigenvalue weighted by Gasteiger charge is -2.07. The molecule has 0 spiro atoms. The Morgan fingerprint density at radius 3 is 2.89 bits per heavy atom. The smallest absolute Gasteiger partial charge is 0.169 e. The summed E-state index contributed by atoms with van der Waals surface area (Å²) in [6.07, 6.45) is 3.68. The van der Waals surface area contributed by atoms with Crippen LogP contribution >= 0.6 is 15.9 Å². The van der Waals surface area contributed by atoms with Gasteiger partial charge < -0.3 is 9.73 Å². The molecule has 2 aromatic heterocycles. The van der Waals surface area contributed by atoms with E-state index in [4.69, 9.17) is 4.42 Å². The molecule has 5 heteroatoms. The summed E-state index contributed by atoms with van der Waals surface area (Å²) in [5, 5.41) is 7.53. The summed E-state index contributed by atoms with van der Waals surface area (Å²) in [4.78, 5) is 0. The van der Waals surface area contributed by atoms with Crippen molar-refractivity contribution in [3.05, 3.63) is 65.3 Å². The van der Waals surface area contributed by atoms with E-state index in [0.29, 0.717) is 6.54 Å². The van der Waals surface area contributed by atoms with Crippen molar-refractivity contribution in [3.63, 3.8) is 0 Å². The van der Waals surface area contributed by atoms with Crippen LogP contribution in [0.5, 0.6) is 0 Å². The summed E-state index contributed by atoms with van der Waals surface area (Å²) in [7, 11) is 0. The molecule has 0 bridgehead atoms. The minimum absolute atomic E-state index is 0.647. The molecule has 0 aliphatic rings. The fraction of sp³-hybridized carbons (Fsp3) is 0.0714.